The highest BCUT2D eigenvalue weighted by molar-refractivity contribution is 9.11. The predicted molar refractivity (Wildman–Crippen MR) is 78.3 cm³/mol. The second kappa shape index (κ2) is 7.62. The highest BCUT2D eigenvalue weighted by Crippen LogP contribution is 2.31. The fourth-order valence-corrected chi connectivity index (χ4v) is 2.67. The largest absolute Gasteiger partial charge is 0.465 e. The summed E-state index contributed by atoms with van der Waals surface area (Å²) in [6.07, 6.45) is 0. The first-order valence-electron chi connectivity index (χ1n) is 5.44. The molecule has 0 aliphatic heterocycles. The van der Waals surface area contributed by atoms with Gasteiger partial charge in [-0.05, 0) is 35.0 Å². The van der Waals surface area contributed by atoms with Crippen molar-refractivity contribution in [3.8, 4) is 0 Å². The van der Waals surface area contributed by atoms with Gasteiger partial charge in [0.05, 0.1) is 18.4 Å². The van der Waals surface area contributed by atoms with Crippen molar-refractivity contribution in [2.75, 3.05) is 25.6 Å². The molecule has 19 heavy (non-hydrogen) atoms. The van der Waals surface area contributed by atoms with E-state index in [1.54, 1.807) is 19.1 Å². The van der Waals surface area contributed by atoms with Crippen LogP contribution < -0.4 is 5.32 Å². The molecule has 7 heteroatoms. The van der Waals surface area contributed by atoms with Gasteiger partial charge in [0.1, 0.15) is 6.61 Å². The van der Waals surface area contributed by atoms with Crippen molar-refractivity contribution in [1.82, 2.24) is 0 Å². The molecule has 0 spiro atoms. The number of hydrogen-bond acceptors (Lipinski definition) is 4. The maximum atomic E-state index is 11.7. The molecule has 0 saturated carbocycles. The third-order valence-electron chi connectivity index (χ3n) is 2.16. The summed E-state index contributed by atoms with van der Waals surface area (Å²) in [5.41, 5.74) is 0.619. The van der Waals surface area contributed by atoms with Crippen molar-refractivity contribution in [1.29, 1.82) is 0 Å². The van der Waals surface area contributed by atoms with Gasteiger partial charge < -0.3 is 14.8 Å². The second-order valence-electron chi connectivity index (χ2n) is 3.49. The van der Waals surface area contributed by atoms with E-state index in [1.807, 2.05) is 0 Å². The Balaban J connectivity index is 3.04. The van der Waals surface area contributed by atoms with Crippen LogP contribution >= 0.6 is 31.9 Å². The van der Waals surface area contributed by atoms with Crippen LogP contribution in [0.1, 0.15) is 17.3 Å². The number of anilines is 1. The molecule has 0 atom stereocenters. The Morgan fingerprint density at radius 3 is 2.58 bits per heavy atom. The molecule has 0 saturated heterocycles. The zero-order valence-electron chi connectivity index (χ0n) is 10.5. The minimum absolute atomic E-state index is 0.0698. The first kappa shape index (κ1) is 16.1. The molecule has 0 heterocycles. The average molecular weight is 395 g/mol. The number of amides is 1. The van der Waals surface area contributed by atoms with E-state index in [9.17, 15) is 9.59 Å². The fraction of sp³-hybridized carbons (Fsp3) is 0.333. The Morgan fingerprint density at radius 1 is 1.32 bits per heavy atom. The summed E-state index contributed by atoms with van der Waals surface area (Å²) in [5, 5.41) is 2.62. The molecule has 5 nitrogen and oxygen atoms in total. The predicted octanol–water partition coefficient (Wildman–Crippen LogP) is 2.97. The van der Waals surface area contributed by atoms with Gasteiger partial charge in [-0.25, -0.2) is 4.79 Å². The van der Waals surface area contributed by atoms with E-state index < -0.39 is 5.97 Å². The molecule has 1 aromatic rings. The molecule has 0 aromatic heterocycles. The molecule has 0 aliphatic rings. The molecule has 1 rings (SSSR count). The van der Waals surface area contributed by atoms with Crippen LogP contribution in [-0.4, -0.2) is 32.2 Å². The van der Waals surface area contributed by atoms with E-state index in [1.165, 1.54) is 7.11 Å². The van der Waals surface area contributed by atoms with E-state index in [0.717, 1.165) is 0 Å². The maximum absolute atomic E-state index is 11.7. The quantitative estimate of drug-likeness (QED) is 0.779. The summed E-state index contributed by atoms with van der Waals surface area (Å²) in [5.74, 6) is -0.872. The fourth-order valence-electron chi connectivity index (χ4n) is 1.34. The van der Waals surface area contributed by atoms with Crippen molar-refractivity contribution in [2.45, 2.75) is 6.92 Å². The molecular formula is C12H13Br2NO4. The Morgan fingerprint density at radius 2 is 2.00 bits per heavy atom. The van der Waals surface area contributed by atoms with Crippen LogP contribution in [0, 0.1) is 0 Å². The van der Waals surface area contributed by atoms with E-state index in [4.69, 9.17) is 4.74 Å². The number of ether oxygens (including phenoxy) is 2. The van der Waals surface area contributed by atoms with Crippen molar-refractivity contribution in [3.05, 3.63) is 26.6 Å². The standard InChI is InChI=1S/C12H13Br2NO4/c1-3-19-6-10(16)15-11-8(12(17)18-2)4-7(13)5-9(11)14/h4-5H,3,6H2,1-2H3,(H,15,16). The summed E-state index contributed by atoms with van der Waals surface area (Å²) >= 11 is 6.58. The van der Waals surface area contributed by atoms with E-state index in [-0.39, 0.29) is 18.1 Å². The van der Waals surface area contributed by atoms with Crippen molar-refractivity contribution in [2.24, 2.45) is 0 Å². The van der Waals surface area contributed by atoms with Crippen LogP contribution in [0.25, 0.3) is 0 Å². The Bertz CT molecular complexity index is 491. The highest BCUT2D eigenvalue weighted by Gasteiger charge is 2.18. The molecule has 0 unspecified atom stereocenters. The molecule has 0 bridgehead atoms. The van der Waals surface area contributed by atoms with Crippen molar-refractivity contribution in [3.63, 3.8) is 0 Å². The second-order valence-corrected chi connectivity index (χ2v) is 5.26. The number of halogens is 2. The van der Waals surface area contributed by atoms with Crippen LogP contribution in [-0.2, 0) is 14.3 Å². The van der Waals surface area contributed by atoms with Gasteiger partial charge in [0, 0.05) is 15.6 Å². The zero-order chi connectivity index (χ0) is 14.4. The van der Waals surface area contributed by atoms with Gasteiger partial charge in [0.15, 0.2) is 0 Å². The number of nitrogens with one attached hydrogen (secondary N) is 1. The van der Waals surface area contributed by atoms with E-state index >= 15 is 0 Å². The van der Waals surface area contributed by atoms with Gasteiger partial charge >= 0.3 is 5.97 Å². The van der Waals surface area contributed by atoms with Gasteiger partial charge in [0.25, 0.3) is 0 Å². The SMILES string of the molecule is CCOCC(=O)Nc1c(Br)cc(Br)cc1C(=O)OC. The van der Waals surface area contributed by atoms with Gasteiger partial charge in [-0.1, -0.05) is 15.9 Å². The minimum atomic E-state index is -0.534. The molecule has 0 radical (unpaired) electrons. The summed E-state index contributed by atoms with van der Waals surface area (Å²) in [4.78, 5) is 23.3. The third-order valence-corrected chi connectivity index (χ3v) is 3.25. The topological polar surface area (TPSA) is 64.6 Å². The Labute approximate surface area is 127 Å². The Kier molecular flexibility index (Phi) is 6.47. The summed E-state index contributed by atoms with van der Waals surface area (Å²) in [7, 11) is 1.28. The lowest BCUT2D eigenvalue weighted by molar-refractivity contribution is -0.120. The van der Waals surface area contributed by atoms with E-state index in [0.29, 0.717) is 21.2 Å². The highest BCUT2D eigenvalue weighted by atomic mass is 79.9. The number of rotatable bonds is 5. The normalized spacial score (nSPS) is 10.1. The summed E-state index contributed by atoms with van der Waals surface area (Å²) in [6.45, 7) is 2.17. The van der Waals surface area contributed by atoms with Crippen molar-refractivity contribution >= 4 is 49.4 Å². The van der Waals surface area contributed by atoms with Crippen LogP contribution in [0.15, 0.2) is 21.1 Å². The summed E-state index contributed by atoms with van der Waals surface area (Å²) in [6, 6.07) is 3.30. The third kappa shape index (κ3) is 4.59. The first-order valence-corrected chi connectivity index (χ1v) is 7.03. The molecular weight excluding hydrogens is 382 g/mol. The number of hydrogen-bond donors (Lipinski definition) is 1. The lowest BCUT2D eigenvalue weighted by atomic mass is 10.2. The average Bonchev–Trinajstić information content (AvgIpc) is 2.38. The zero-order valence-corrected chi connectivity index (χ0v) is 13.6. The molecule has 104 valence electrons. The smallest absolute Gasteiger partial charge is 0.340 e. The molecule has 1 amide bonds. The van der Waals surface area contributed by atoms with Crippen LogP contribution in [0.2, 0.25) is 0 Å². The number of carbonyl (C=O) groups is 2. The lowest BCUT2D eigenvalue weighted by Gasteiger charge is -2.12. The molecule has 0 fully saturated rings. The van der Waals surface area contributed by atoms with Crippen LogP contribution in [0.5, 0.6) is 0 Å². The molecule has 1 aromatic carbocycles. The molecule has 0 aliphatic carbocycles. The van der Waals surface area contributed by atoms with Crippen LogP contribution in [0.4, 0.5) is 5.69 Å². The number of carbonyl (C=O) groups excluding carboxylic acids is 2. The molecule has 1 N–H and O–H groups in total. The van der Waals surface area contributed by atoms with E-state index in [2.05, 4.69) is 41.9 Å². The number of methoxy groups -OCH3 is 1. The monoisotopic (exact) mass is 393 g/mol. The maximum Gasteiger partial charge on any atom is 0.340 e. The van der Waals surface area contributed by atoms with Gasteiger partial charge in [0.2, 0.25) is 5.91 Å². The van der Waals surface area contributed by atoms with Gasteiger partial charge in [-0.3, -0.25) is 4.79 Å². The lowest BCUT2D eigenvalue weighted by Crippen LogP contribution is -2.20. The number of esters is 1. The van der Waals surface area contributed by atoms with Gasteiger partial charge in [-0.2, -0.15) is 0 Å². The van der Waals surface area contributed by atoms with Crippen molar-refractivity contribution < 1.29 is 19.1 Å². The van der Waals surface area contributed by atoms with Crippen LogP contribution in [0.3, 0.4) is 0 Å². The first-order chi connectivity index (χ1) is 8.99. The Hall–Kier alpha value is -0.920. The van der Waals surface area contributed by atoms with Gasteiger partial charge in [-0.15, -0.1) is 0 Å². The summed E-state index contributed by atoms with van der Waals surface area (Å²) < 4.78 is 11.0. The minimum Gasteiger partial charge on any atom is -0.465 e. The number of benzene rings is 1.